The molecule has 0 N–H and O–H groups in total. The van der Waals surface area contributed by atoms with Crippen molar-refractivity contribution < 1.29 is 4.79 Å². The van der Waals surface area contributed by atoms with Crippen molar-refractivity contribution in [2.75, 3.05) is 0 Å². The van der Waals surface area contributed by atoms with E-state index in [-0.39, 0.29) is 0 Å². The summed E-state index contributed by atoms with van der Waals surface area (Å²) in [5.41, 5.74) is 0.392. The monoisotopic (exact) mass is 196 g/mol. The van der Waals surface area contributed by atoms with Gasteiger partial charge < -0.3 is 0 Å². The van der Waals surface area contributed by atoms with Crippen LogP contribution >= 0.6 is 0 Å². The van der Waals surface area contributed by atoms with Crippen LogP contribution in [0.25, 0.3) is 0 Å². The van der Waals surface area contributed by atoms with Crippen molar-refractivity contribution >= 4 is 5.78 Å². The zero-order chi connectivity index (χ0) is 10.8. The van der Waals surface area contributed by atoms with Gasteiger partial charge in [-0.2, -0.15) is 0 Å². The molecular weight excluding hydrogens is 172 g/mol. The molecule has 1 rings (SSSR count). The van der Waals surface area contributed by atoms with Gasteiger partial charge in [0.25, 0.3) is 0 Å². The quantitative estimate of drug-likeness (QED) is 0.670. The number of hydrogen-bond donors (Lipinski definition) is 0. The fraction of sp³-hybridized carbons (Fsp3) is 0.923. The summed E-state index contributed by atoms with van der Waals surface area (Å²) < 4.78 is 0. The first-order valence-electron chi connectivity index (χ1n) is 5.93. The third kappa shape index (κ3) is 3.11. The van der Waals surface area contributed by atoms with E-state index in [9.17, 15) is 4.79 Å². The minimum Gasteiger partial charge on any atom is -0.300 e. The molecule has 1 fully saturated rings. The minimum atomic E-state index is 0.392. The molecule has 0 aromatic carbocycles. The lowest BCUT2D eigenvalue weighted by molar-refractivity contribution is -0.124. The molecular formula is C13H24O. The van der Waals surface area contributed by atoms with Crippen LogP contribution in [0, 0.1) is 17.3 Å². The molecule has 1 nitrogen and oxygen atoms in total. The summed E-state index contributed by atoms with van der Waals surface area (Å²) >= 11 is 0. The van der Waals surface area contributed by atoms with E-state index in [2.05, 4.69) is 27.7 Å². The molecule has 0 aromatic rings. The van der Waals surface area contributed by atoms with Crippen molar-refractivity contribution in [2.24, 2.45) is 17.3 Å². The van der Waals surface area contributed by atoms with Gasteiger partial charge in [0.1, 0.15) is 5.78 Å². The zero-order valence-corrected chi connectivity index (χ0v) is 10.1. The Hall–Kier alpha value is -0.330. The highest BCUT2D eigenvalue weighted by Gasteiger charge is 2.34. The SMILES string of the molecule is CC(C)CCC1CC(=O)CCC1(C)C. The van der Waals surface area contributed by atoms with Gasteiger partial charge in [0.15, 0.2) is 0 Å². The molecule has 1 aliphatic carbocycles. The molecule has 1 heteroatoms. The number of rotatable bonds is 3. The summed E-state index contributed by atoms with van der Waals surface area (Å²) in [6, 6.07) is 0. The van der Waals surface area contributed by atoms with Crippen LogP contribution in [-0.4, -0.2) is 5.78 Å². The number of ketones is 1. The smallest absolute Gasteiger partial charge is 0.133 e. The molecule has 0 heterocycles. The molecule has 1 atom stereocenters. The standard InChI is InChI=1S/C13H24O/c1-10(2)5-6-11-9-12(14)7-8-13(11,3)4/h10-11H,5-9H2,1-4H3. The van der Waals surface area contributed by atoms with E-state index in [0.29, 0.717) is 17.1 Å². The summed E-state index contributed by atoms with van der Waals surface area (Å²) in [5.74, 6) is 1.88. The van der Waals surface area contributed by atoms with Crippen molar-refractivity contribution in [2.45, 2.75) is 59.8 Å². The summed E-state index contributed by atoms with van der Waals surface area (Å²) in [6.07, 6.45) is 5.23. The second-order valence-corrected chi connectivity index (χ2v) is 5.90. The number of Topliss-reactive ketones (excluding diaryl/α,β-unsaturated/α-hetero) is 1. The van der Waals surface area contributed by atoms with Crippen LogP contribution in [0.1, 0.15) is 59.8 Å². The predicted molar refractivity (Wildman–Crippen MR) is 60.2 cm³/mol. The highest BCUT2D eigenvalue weighted by atomic mass is 16.1. The van der Waals surface area contributed by atoms with E-state index in [4.69, 9.17) is 0 Å². The van der Waals surface area contributed by atoms with E-state index in [0.717, 1.165) is 25.2 Å². The molecule has 0 saturated heterocycles. The number of carbonyl (C=O) groups is 1. The average molecular weight is 196 g/mol. The molecule has 0 aliphatic heterocycles. The summed E-state index contributed by atoms with van der Waals surface area (Å²) in [5, 5.41) is 0. The predicted octanol–water partition coefficient (Wildman–Crippen LogP) is 3.82. The van der Waals surface area contributed by atoms with E-state index in [1.165, 1.54) is 12.8 Å². The molecule has 14 heavy (non-hydrogen) atoms. The van der Waals surface area contributed by atoms with Gasteiger partial charge in [-0.3, -0.25) is 4.79 Å². The maximum Gasteiger partial charge on any atom is 0.133 e. The van der Waals surface area contributed by atoms with Gasteiger partial charge in [-0.1, -0.05) is 34.1 Å². The third-order valence-corrected chi connectivity index (χ3v) is 3.72. The first-order valence-corrected chi connectivity index (χ1v) is 5.93. The van der Waals surface area contributed by atoms with Crippen LogP contribution < -0.4 is 0 Å². The number of carbonyl (C=O) groups excluding carboxylic acids is 1. The Bertz CT molecular complexity index is 203. The highest BCUT2D eigenvalue weighted by Crippen LogP contribution is 2.41. The van der Waals surface area contributed by atoms with E-state index in [1.807, 2.05) is 0 Å². The molecule has 1 aliphatic rings. The fourth-order valence-electron chi connectivity index (χ4n) is 2.35. The Labute approximate surface area is 88.3 Å². The Balaban J connectivity index is 2.50. The molecule has 1 unspecified atom stereocenters. The van der Waals surface area contributed by atoms with Crippen molar-refractivity contribution in [3.8, 4) is 0 Å². The molecule has 0 bridgehead atoms. The Morgan fingerprint density at radius 3 is 2.64 bits per heavy atom. The summed E-state index contributed by atoms with van der Waals surface area (Å²) in [7, 11) is 0. The molecule has 0 radical (unpaired) electrons. The summed E-state index contributed by atoms with van der Waals surface area (Å²) in [6.45, 7) is 9.17. The van der Waals surface area contributed by atoms with E-state index < -0.39 is 0 Å². The maximum absolute atomic E-state index is 11.4. The molecule has 1 saturated carbocycles. The first kappa shape index (κ1) is 11.7. The van der Waals surface area contributed by atoms with Gasteiger partial charge in [-0.05, 0) is 30.1 Å². The zero-order valence-electron chi connectivity index (χ0n) is 10.1. The fourth-order valence-corrected chi connectivity index (χ4v) is 2.35. The van der Waals surface area contributed by atoms with Gasteiger partial charge in [0.05, 0.1) is 0 Å². The Kier molecular flexibility index (Phi) is 3.74. The van der Waals surface area contributed by atoms with Crippen molar-refractivity contribution in [1.82, 2.24) is 0 Å². The largest absolute Gasteiger partial charge is 0.300 e. The van der Waals surface area contributed by atoms with Gasteiger partial charge in [-0.15, -0.1) is 0 Å². The van der Waals surface area contributed by atoms with Gasteiger partial charge in [0, 0.05) is 12.8 Å². The minimum absolute atomic E-state index is 0.392. The van der Waals surface area contributed by atoms with Crippen LogP contribution in [0.2, 0.25) is 0 Å². The lowest BCUT2D eigenvalue weighted by Gasteiger charge is -2.38. The van der Waals surface area contributed by atoms with Crippen molar-refractivity contribution in [3.05, 3.63) is 0 Å². The van der Waals surface area contributed by atoms with Crippen molar-refractivity contribution in [1.29, 1.82) is 0 Å². The molecule has 0 spiro atoms. The average Bonchev–Trinajstić information content (AvgIpc) is 2.07. The third-order valence-electron chi connectivity index (χ3n) is 3.72. The lowest BCUT2D eigenvalue weighted by Crippen LogP contribution is -2.32. The Morgan fingerprint density at radius 2 is 2.07 bits per heavy atom. The van der Waals surface area contributed by atoms with Crippen molar-refractivity contribution in [3.63, 3.8) is 0 Å². The normalized spacial score (nSPS) is 26.9. The van der Waals surface area contributed by atoms with Crippen LogP contribution in [-0.2, 0) is 4.79 Å². The van der Waals surface area contributed by atoms with Crippen LogP contribution in [0.15, 0.2) is 0 Å². The van der Waals surface area contributed by atoms with Crippen LogP contribution in [0.3, 0.4) is 0 Å². The highest BCUT2D eigenvalue weighted by molar-refractivity contribution is 5.79. The molecule has 82 valence electrons. The Morgan fingerprint density at radius 1 is 1.43 bits per heavy atom. The van der Waals surface area contributed by atoms with Gasteiger partial charge in [0.2, 0.25) is 0 Å². The van der Waals surface area contributed by atoms with Crippen LogP contribution in [0.5, 0.6) is 0 Å². The molecule has 0 aromatic heterocycles. The maximum atomic E-state index is 11.4. The first-order chi connectivity index (χ1) is 6.42. The van der Waals surface area contributed by atoms with Crippen LogP contribution in [0.4, 0.5) is 0 Å². The second-order valence-electron chi connectivity index (χ2n) is 5.90. The van der Waals surface area contributed by atoms with Gasteiger partial charge in [-0.25, -0.2) is 0 Å². The van der Waals surface area contributed by atoms with E-state index >= 15 is 0 Å². The number of hydrogen-bond acceptors (Lipinski definition) is 1. The van der Waals surface area contributed by atoms with E-state index in [1.54, 1.807) is 0 Å². The van der Waals surface area contributed by atoms with Gasteiger partial charge >= 0.3 is 0 Å². The summed E-state index contributed by atoms with van der Waals surface area (Å²) in [4.78, 5) is 11.4. The topological polar surface area (TPSA) is 17.1 Å². The second kappa shape index (κ2) is 4.46. The lowest BCUT2D eigenvalue weighted by atomic mass is 9.66. The molecule has 0 amide bonds.